The van der Waals surface area contributed by atoms with Crippen LogP contribution in [0.5, 0.6) is 11.5 Å². The monoisotopic (exact) mass is 409 g/mol. The Labute approximate surface area is 174 Å². The molecule has 3 aromatic rings. The fraction of sp³-hybridized carbons (Fsp3) is 0.217. The van der Waals surface area contributed by atoms with E-state index in [-0.39, 0.29) is 6.61 Å². The lowest BCUT2D eigenvalue weighted by atomic mass is 10.2. The molecule has 5 nitrogen and oxygen atoms in total. The molecule has 150 valence electrons. The Hall–Kier alpha value is -3.12. The molecule has 1 heterocycles. The SMILES string of the molecule is CCOc1ccc(/C=C/C(=O)OCc2csc(-c3ccc(C)cc3)n2)cc1OC. The molecule has 0 bridgehead atoms. The van der Waals surface area contributed by atoms with Crippen molar-refractivity contribution in [1.29, 1.82) is 0 Å². The Kier molecular flexibility index (Phi) is 7.03. The van der Waals surface area contributed by atoms with Crippen LogP contribution in [0.1, 0.15) is 23.7 Å². The van der Waals surface area contributed by atoms with Crippen molar-refractivity contribution in [2.75, 3.05) is 13.7 Å². The van der Waals surface area contributed by atoms with Crippen molar-refractivity contribution in [2.45, 2.75) is 20.5 Å². The van der Waals surface area contributed by atoms with Gasteiger partial charge in [-0.3, -0.25) is 0 Å². The van der Waals surface area contributed by atoms with Gasteiger partial charge < -0.3 is 14.2 Å². The number of rotatable bonds is 8. The van der Waals surface area contributed by atoms with Gasteiger partial charge in [0.25, 0.3) is 0 Å². The predicted octanol–water partition coefficient (Wildman–Crippen LogP) is 5.28. The van der Waals surface area contributed by atoms with Crippen LogP contribution in [0.3, 0.4) is 0 Å². The number of carbonyl (C=O) groups is 1. The molecular formula is C23H23NO4S. The summed E-state index contributed by atoms with van der Waals surface area (Å²) in [5.41, 5.74) is 3.81. The molecule has 0 saturated heterocycles. The van der Waals surface area contributed by atoms with Crippen molar-refractivity contribution in [2.24, 2.45) is 0 Å². The number of carbonyl (C=O) groups excluding carboxylic acids is 1. The van der Waals surface area contributed by atoms with Crippen LogP contribution >= 0.6 is 11.3 Å². The summed E-state index contributed by atoms with van der Waals surface area (Å²) in [6.45, 7) is 4.65. The Morgan fingerprint density at radius 2 is 1.93 bits per heavy atom. The van der Waals surface area contributed by atoms with Gasteiger partial charge in [0.05, 0.1) is 19.4 Å². The molecule has 0 N–H and O–H groups in total. The molecule has 3 rings (SSSR count). The highest BCUT2D eigenvalue weighted by Gasteiger charge is 2.07. The largest absolute Gasteiger partial charge is 0.493 e. The van der Waals surface area contributed by atoms with Crippen LogP contribution in [0, 0.1) is 6.92 Å². The first-order valence-corrected chi connectivity index (χ1v) is 10.1. The summed E-state index contributed by atoms with van der Waals surface area (Å²) in [5, 5.41) is 2.82. The molecule has 6 heteroatoms. The molecule has 0 aliphatic rings. The van der Waals surface area contributed by atoms with Crippen LogP contribution < -0.4 is 9.47 Å². The summed E-state index contributed by atoms with van der Waals surface area (Å²) < 4.78 is 16.1. The molecule has 0 saturated carbocycles. The second-order valence-corrected chi connectivity index (χ2v) is 7.15. The molecule has 29 heavy (non-hydrogen) atoms. The van der Waals surface area contributed by atoms with Gasteiger partial charge in [0.1, 0.15) is 11.6 Å². The maximum atomic E-state index is 12.0. The molecule has 0 amide bonds. The van der Waals surface area contributed by atoms with E-state index in [1.807, 2.05) is 49.6 Å². The number of hydrogen-bond donors (Lipinski definition) is 0. The van der Waals surface area contributed by atoms with E-state index in [1.165, 1.54) is 23.0 Å². The molecule has 0 aliphatic carbocycles. The quantitative estimate of drug-likeness (QED) is 0.374. The number of esters is 1. The molecule has 1 aromatic heterocycles. The predicted molar refractivity (Wildman–Crippen MR) is 115 cm³/mol. The highest BCUT2D eigenvalue weighted by atomic mass is 32.1. The fourth-order valence-electron chi connectivity index (χ4n) is 2.62. The highest BCUT2D eigenvalue weighted by molar-refractivity contribution is 7.13. The summed E-state index contributed by atoms with van der Waals surface area (Å²) in [4.78, 5) is 16.6. The number of thiazole rings is 1. The second kappa shape index (κ2) is 9.89. The number of aryl methyl sites for hydroxylation is 1. The number of hydrogen-bond acceptors (Lipinski definition) is 6. The van der Waals surface area contributed by atoms with Gasteiger partial charge in [0, 0.05) is 17.0 Å². The molecule has 0 atom stereocenters. The minimum atomic E-state index is -0.428. The van der Waals surface area contributed by atoms with Gasteiger partial charge >= 0.3 is 5.97 Å². The summed E-state index contributed by atoms with van der Waals surface area (Å²) in [5.74, 6) is 0.860. The topological polar surface area (TPSA) is 57.7 Å². The van der Waals surface area contributed by atoms with E-state index < -0.39 is 5.97 Å². The first kappa shape index (κ1) is 20.6. The zero-order chi connectivity index (χ0) is 20.6. The minimum absolute atomic E-state index is 0.137. The van der Waals surface area contributed by atoms with Crippen LogP contribution in [0.2, 0.25) is 0 Å². The van der Waals surface area contributed by atoms with Crippen molar-refractivity contribution >= 4 is 23.4 Å². The van der Waals surface area contributed by atoms with E-state index in [1.54, 1.807) is 13.2 Å². The van der Waals surface area contributed by atoms with E-state index in [4.69, 9.17) is 14.2 Å². The van der Waals surface area contributed by atoms with Gasteiger partial charge in [-0.1, -0.05) is 35.9 Å². The van der Waals surface area contributed by atoms with E-state index in [2.05, 4.69) is 17.1 Å². The normalized spacial score (nSPS) is 10.9. The third-order valence-corrected chi connectivity index (χ3v) is 5.05. The van der Waals surface area contributed by atoms with E-state index in [0.717, 1.165) is 21.8 Å². The average molecular weight is 410 g/mol. The third-order valence-electron chi connectivity index (χ3n) is 4.11. The Morgan fingerprint density at radius 1 is 1.14 bits per heavy atom. The van der Waals surface area contributed by atoms with E-state index >= 15 is 0 Å². The Balaban J connectivity index is 1.57. The number of aromatic nitrogens is 1. The van der Waals surface area contributed by atoms with Crippen molar-refractivity contribution in [3.63, 3.8) is 0 Å². The fourth-order valence-corrected chi connectivity index (χ4v) is 3.43. The van der Waals surface area contributed by atoms with Crippen LogP contribution in [0.15, 0.2) is 53.9 Å². The minimum Gasteiger partial charge on any atom is -0.493 e. The Bertz CT molecular complexity index is 992. The maximum absolute atomic E-state index is 12.0. The molecular weight excluding hydrogens is 386 g/mol. The van der Waals surface area contributed by atoms with Crippen molar-refractivity contribution in [3.05, 3.63) is 70.7 Å². The summed E-state index contributed by atoms with van der Waals surface area (Å²) in [6, 6.07) is 13.7. The lowest BCUT2D eigenvalue weighted by molar-refractivity contribution is -0.139. The van der Waals surface area contributed by atoms with Crippen molar-refractivity contribution in [1.82, 2.24) is 4.98 Å². The third kappa shape index (κ3) is 5.68. The maximum Gasteiger partial charge on any atom is 0.331 e. The average Bonchev–Trinajstić information content (AvgIpc) is 3.21. The lowest BCUT2D eigenvalue weighted by Gasteiger charge is -2.09. The molecule has 0 aliphatic heterocycles. The molecule has 0 unspecified atom stereocenters. The number of ether oxygens (including phenoxy) is 3. The molecule has 0 fully saturated rings. The van der Waals surface area contributed by atoms with E-state index in [9.17, 15) is 4.79 Å². The van der Waals surface area contributed by atoms with Gasteiger partial charge in [0.2, 0.25) is 0 Å². The number of methoxy groups -OCH3 is 1. The molecule has 0 spiro atoms. The summed E-state index contributed by atoms with van der Waals surface area (Å²) >= 11 is 1.53. The van der Waals surface area contributed by atoms with Gasteiger partial charge in [-0.15, -0.1) is 11.3 Å². The highest BCUT2D eigenvalue weighted by Crippen LogP contribution is 2.28. The molecule has 2 aromatic carbocycles. The smallest absolute Gasteiger partial charge is 0.331 e. The number of benzene rings is 2. The van der Waals surface area contributed by atoms with Crippen LogP contribution in [0.4, 0.5) is 0 Å². The first-order valence-electron chi connectivity index (χ1n) is 9.26. The van der Waals surface area contributed by atoms with E-state index in [0.29, 0.717) is 18.1 Å². The van der Waals surface area contributed by atoms with Crippen molar-refractivity contribution in [3.8, 4) is 22.1 Å². The first-order chi connectivity index (χ1) is 14.1. The zero-order valence-electron chi connectivity index (χ0n) is 16.7. The van der Waals surface area contributed by atoms with Crippen LogP contribution in [0.25, 0.3) is 16.6 Å². The lowest BCUT2D eigenvalue weighted by Crippen LogP contribution is -2.01. The second-order valence-electron chi connectivity index (χ2n) is 6.29. The van der Waals surface area contributed by atoms with Gasteiger partial charge in [-0.25, -0.2) is 9.78 Å². The van der Waals surface area contributed by atoms with Crippen LogP contribution in [-0.4, -0.2) is 24.7 Å². The zero-order valence-corrected chi connectivity index (χ0v) is 17.5. The van der Waals surface area contributed by atoms with Gasteiger partial charge in [-0.2, -0.15) is 0 Å². The standard InChI is InChI=1S/C23H23NO4S/c1-4-27-20-11-7-17(13-21(20)26-3)8-12-22(25)28-14-19-15-29-23(24-19)18-9-5-16(2)6-10-18/h5-13,15H,4,14H2,1-3H3/b12-8+. The van der Waals surface area contributed by atoms with Crippen molar-refractivity contribution < 1.29 is 19.0 Å². The Morgan fingerprint density at radius 3 is 2.66 bits per heavy atom. The molecule has 0 radical (unpaired) electrons. The summed E-state index contributed by atoms with van der Waals surface area (Å²) in [7, 11) is 1.58. The number of nitrogens with zero attached hydrogens (tertiary/aromatic N) is 1. The summed E-state index contributed by atoms with van der Waals surface area (Å²) in [6.07, 6.45) is 3.07. The van der Waals surface area contributed by atoms with Crippen LogP contribution in [-0.2, 0) is 16.1 Å². The van der Waals surface area contributed by atoms with Gasteiger partial charge in [-0.05, 0) is 37.6 Å². The van der Waals surface area contributed by atoms with Gasteiger partial charge in [0.15, 0.2) is 11.5 Å².